The van der Waals surface area contributed by atoms with Crippen LogP contribution in [0, 0.1) is 11.8 Å². The molecule has 8 heteroatoms. The lowest BCUT2D eigenvalue weighted by Crippen LogP contribution is -2.54. The van der Waals surface area contributed by atoms with Crippen molar-refractivity contribution in [1.29, 1.82) is 0 Å². The van der Waals surface area contributed by atoms with Gasteiger partial charge in [0.1, 0.15) is 13.2 Å². The number of aromatic nitrogens is 2. The number of carbonyl (C=O) groups is 1. The van der Waals surface area contributed by atoms with Gasteiger partial charge in [-0.3, -0.25) is 4.79 Å². The third kappa shape index (κ3) is 3.60. The largest absolute Gasteiger partial charge is 0.362 e. The summed E-state index contributed by atoms with van der Waals surface area (Å²) >= 11 is 0. The van der Waals surface area contributed by atoms with Crippen LogP contribution in [0.25, 0.3) is 0 Å². The van der Waals surface area contributed by atoms with Crippen LogP contribution in [0.15, 0.2) is 4.52 Å². The molecule has 2 atom stereocenters. The van der Waals surface area contributed by atoms with Gasteiger partial charge >= 0.3 is 0 Å². The number of hydrogen-bond acceptors (Lipinski definition) is 5. The Kier molecular flexibility index (Phi) is 5.10. The molecule has 1 aromatic rings. The maximum Gasteiger partial charge on any atom is 0.256 e. The Labute approximate surface area is 127 Å². The van der Waals surface area contributed by atoms with Crippen LogP contribution in [0.4, 0.5) is 8.78 Å². The van der Waals surface area contributed by atoms with Crippen molar-refractivity contribution in [2.45, 2.75) is 39.7 Å². The van der Waals surface area contributed by atoms with Crippen molar-refractivity contribution in [1.82, 2.24) is 15.0 Å². The van der Waals surface area contributed by atoms with Crippen molar-refractivity contribution in [3.05, 3.63) is 11.7 Å². The normalized spacial score (nSPS) is 24.5. The smallest absolute Gasteiger partial charge is 0.256 e. The summed E-state index contributed by atoms with van der Waals surface area (Å²) in [6, 6.07) is 0. The molecule has 1 aliphatic rings. The predicted molar refractivity (Wildman–Crippen MR) is 73.2 cm³/mol. The number of rotatable bonds is 5. The Balaban J connectivity index is 1.80. The predicted octanol–water partition coefficient (Wildman–Crippen LogP) is 1.90. The topological polar surface area (TPSA) is 68.5 Å². The summed E-state index contributed by atoms with van der Waals surface area (Å²) in [6.07, 6.45) is 0.653. The van der Waals surface area contributed by atoms with Crippen LogP contribution in [-0.2, 0) is 22.6 Å². The second kappa shape index (κ2) is 6.68. The van der Waals surface area contributed by atoms with E-state index in [9.17, 15) is 13.6 Å². The molecule has 1 aromatic heterocycles. The summed E-state index contributed by atoms with van der Waals surface area (Å²) in [4.78, 5) is 17.5. The van der Waals surface area contributed by atoms with Crippen molar-refractivity contribution in [2.24, 2.45) is 11.8 Å². The Morgan fingerprint density at radius 2 is 2.05 bits per heavy atom. The number of amides is 1. The number of aryl methyl sites for hydroxylation is 1. The standard InChI is InChI=1S/C14H21F2N3O3/c1-4-11-17-12(22-18-11)7-21-8-13(20)19-5-9(2)14(15,16)10(3)6-19/h9-10H,4-8H2,1-3H3. The van der Waals surface area contributed by atoms with Crippen LogP contribution in [0.1, 0.15) is 32.5 Å². The minimum Gasteiger partial charge on any atom is -0.362 e. The van der Waals surface area contributed by atoms with Gasteiger partial charge in [0.15, 0.2) is 5.82 Å². The molecule has 22 heavy (non-hydrogen) atoms. The van der Waals surface area contributed by atoms with E-state index in [1.807, 2.05) is 6.92 Å². The minimum absolute atomic E-state index is 0.0356. The number of hydrogen-bond donors (Lipinski definition) is 0. The van der Waals surface area contributed by atoms with Gasteiger partial charge in [-0.05, 0) is 0 Å². The highest BCUT2D eigenvalue weighted by atomic mass is 19.3. The summed E-state index contributed by atoms with van der Waals surface area (Å²) in [7, 11) is 0. The molecule has 1 saturated heterocycles. The van der Waals surface area contributed by atoms with Gasteiger partial charge in [-0.2, -0.15) is 4.98 Å². The minimum atomic E-state index is -2.74. The SMILES string of the molecule is CCc1noc(COCC(=O)N2CC(C)C(F)(F)C(C)C2)n1. The van der Waals surface area contributed by atoms with Gasteiger partial charge < -0.3 is 14.2 Å². The second-order valence-corrected chi connectivity index (χ2v) is 5.73. The first-order valence-electron chi connectivity index (χ1n) is 7.39. The molecular weight excluding hydrogens is 296 g/mol. The zero-order valence-electron chi connectivity index (χ0n) is 13.0. The highest BCUT2D eigenvalue weighted by Gasteiger charge is 2.47. The number of alkyl halides is 2. The van der Waals surface area contributed by atoms with Crippen molar-refractivity contribution in [2.75, 3.05) is 19.7 Å². The van der Waals surface area contributed by atoms with Gasteiger partial charge in [-0.15, -0.1) is 0 Å². The van der Waals surface area contributed by atoms with Crippen molar-refractivity contribution in [3.63, 3.8) is 0 Å². The van der Waals surface area contributed by atoms with Gasteiger partial charge in [0.2, 0.25) is 5.91 Å². The van der Waals surface area contributed by atoms with Crippen LogP contribution in [0.2, 0.25) is 0 Å². The van der Waals surface area contributed by atoms with E-state index in [0.29, 0.717) is 18.1 Å². The number of halogens is 2. The van der Waals surface area contributed by atoms with Crippen LogP contribution in [-0.4, -0.2) is 46.6 Å². The average Bonchev–Trinajstić information content (AvgIpc) is 2.92. The lowest BCUT2D eigenvalue weighted by atomic mass is 9.87. The lowest BCUT2D eigenvalue weighted by molar-refractivity contribution is -0.161. The summed E-state index contributed by atoms with van der Waals surface area (Å²) in [5.74, 6) is -3.88. The van der Waals surface area contributed by atoms with E-state index in [1.54, 1.807) is 0 Å². The van der Waals surface area contributed by atoms with Gasteiger partial charge in [-0.1, -0.05) is 25.9 Å². The maximum atomic E-state index is 13.7. The zero-order valence-corrected chi connectivity index (χ0v) is 13.0. The van der Waals surface area contributed by atoms with E-state index in [-0.39, 0.29) is 32.2 Å². The number of piperidine rings is 1. The molecule has 1 amide bonds. The molecule has 2 rings (SSSR count). The van der Waals surface area contributed by atoms with Crippen molar-refractivity contribution in [3.8, 4) is 0 Å². The van der Waals surface area contributed by atoms with E-state index in [0.717, 1.165) is 0 Å². The summed E-state index contributed by atoms with van der Waals surface area (Å²) in [5, 5.41) is 3.71. The molecule has 0 N–H and O–H groups in total. The van der Waals surface area contributed by atoms with E-state index in [4.69, 9.17) is 9.26 Å². The van der Waals surface area contributed by atoms with Crippen molar-refractivity contribution >= 4 is 5.91 Å². The van der Waals surface area contributed by atoms with Crippen LogP contribution < -0.4 is 0 Å². The molecule has 6 nitrogen and oxygen atoms in total. The van der Waals surface area contributed by atoms with Gasteiger partial charge in [0.05, 0.1) is 0 Å². The highest BCUT2D eigenvalue weighted by molar-refractivity contribution is 5.77. The van der Waals surface area contributed by atoms with Gasteiger partial charge in [0.25, 0.3) is 11.8 Å². The molecule has 0 spiro atoms. The molecule has 0 aromatic carbocycles. The second-order valence-electron chi connectivity index (χ2n) is 5.73. The fraction of sp³-hybridized carbons (Fsp3) is 0.786. The molecule has 1 aliphatic heterocycles. The number of nitrogens with zero attached hydrogens (tertiary/aromatic N) is 3. The zero-order chi connectivity index (χ0) is 16.3. The van der Waals surface area contributed by atoms with E-state index in [2.05, 4.69) is 10.1 Å². The first-order chi connectivity index (χ1) is 10.3. The fourth-order valence-electron chi connectivity index (χ4n) is 2.48. The first kappa shape index (κ1) is 16.8. The summed E-state index contributed by atoms with van der Waals surface area (Å²) in [6.45, 7) is 4.75. The quantitative estimate of drug-likeness (QED) is 0.829. The van der Waals surface area contributed by atoms with Crippen LogP contribution in [0.5, 0.6) is 0 Å². The highest BCUT2D eigenvalue weighted by Crippen LogP contribution is 2.37. The number of likely N-dealkylation sites (tertiary alicyclic amines) is 1. The van der Waals surface area contributed by atoms with Gasteiger partial charge in [0, 0.05) is 31.3 Å². The van der Waals surface area contributed by atoms with Gasteiger partial charge in [-0.25, -0.2) is 8.78 Å². The van der Waals surface area contributed by atoms with E-state index >= 15 is 0 Å². The molecule has 0 saturated carbocycles. The molecule has 0 aliphatic carbocycles. The molecule has 0 bridgehead atoms. The Bertz CT molecular complexity index is 507. The third-order valence-electron chi connectivity index (χ3n) is 3.93. The van der Waals surface area contributed by atoms with E-state index < -0.39 is 17.8 Å². The Morgan fingerprint density at radius 1 is 1.41 bits per heavy atom. The lowest BCUT2D eigenvalue weighted by Gasteiger charge is -2.41. The van der Waals surface area contributed by atoms with Crippen LogP contribution >= 0.6 is 0 Å². The molecule has 2 heterocycles. The first-order valence-corrected chi connectivity index (χ1v) is 7.39. The maximum absolute atomic E-state index is 13.7. The molecule has 1 fully saturated rings. The Morgan fingerprint density at radius 3 is 2.59 bits per heavy atom. The Hall–Kier alpha value is -1.57. The molecule has 2 unspecified atom stereocenters. The monoisotopic (exact) mass is 317 g/mol. The molecule has 0 radical (unpaired) electrons. The molecule has 124 valence electrons. The number of carbonyl (C=O) groups excluding carboxylic acids is 1. The average molecular weight is 317 g/mol. The third-order valence-corrected chi connectivity index (χ3v) is 3.93. The van der Waals surface area contributed by atoms with E-state index in [1.165, 1.54) is 18.7 Å². The fourth-order valence-corrected chi connectivity index (χ4v) is 2.48. The summed E-state index contributed by atoms with van der Waals surface area (Å²) in [5.41, 5.74) is 0. The molecular formula is C14H21F2N3O3. The number of ether oxygens (including phenoxy) is 1. The van der Waals surface area contributed by atoms with Crippen LogP contribution in [0.3, 0.4) is 0 Å². The summed E-state index contributed by atoms with van der Waals surface area (Å²) < 4.78 is 37.7. The van der Waals surface area contributed by atoms with Crippen molar-refractivity contribution < 1.29 is 22.8 Å².